The zero-order valence-electron chi connectivity index (χ0n) is 8.57. The van der Waals surface area contributed by atoms with Gasteiger partial charge in [0.15, 0.2) is 0 Å². The summed E-state index contributed by atoms with van der Waals surface area (Å²) in [5.41, 5.74) is 0.847. The van der Waals surface area contributed by atoms with E-state index in [9.17, 15) is 4.79 Å². The quantitative estimate of drug-likeness (QED) is 0.588. The van der Waals surface area contributed by atoms with E-state index < -0.39 is 6.04 Å². The molecular formula is C12H13NO2. The average Bonchev–Trinajstić information content (AvgIpc) is 2.30. The van der Waals surface area contributed by atoms with Crippen molar-refractivity contribution in [2.45, 2.75) is 6.04 Å². The minimum absolute atomic E-state index is 0.328. The van der Waals surface area contributed by atoms with E-state index in [-0.39, 0.29) is 5.97 Å². The van der Waals surface area contributed by atoms with Crippen LogP contribution in [0.25, 0.3) is 0 Å². The maximum atomic E-state index is 11.5. The van der Waals surface area contributed by atoms with E-state index in [1.165, 1.54) is 7.11 Å². The Balaban J connectivity index is 2.82. The summed E-state index contributed by atoms with van der Waals surface area (Å²) < 4.78 is 4.69. The van der Waals surface area contributed by atoms with Crippen LogP contribution in [-0.2, 0) is 9.53 Å². The molecule has 0 fully saturated rings. The molecule has 0 aliphatic carbocycles. The number of carbonyl (C=O) groups is 1. The van der Waals surface area contributed by atoms with Crippen molar-refractivity contribution in [2.75, 3.05) is 13.7 Å². The molecule has 0 aliphatic heterocycles. The summed E-state index contributed by atoms with van der Waals surface area (Å²) in [5, 5.41) is 2.93. The van der Waals surface area contributed by atoms with E-state index in [0.29, 0.717) is 6.54 Å². The predicted molar refractivity (Wildman–Crippen MR) is 58.0 cm³/mol. The molecule has 0 unspecified atom stereocenters. The highest BCUT2D eigenvalue weighted by Crippen LogP contribution is 2.13. The highest BCUT2D eigenvalue weighted by atomic mass is 16.5. The van der Waals surface area contributed by atoms with Gasteiger partial charge in [-0.2, -0.15) is 0 Å². The van der Waals surface area contributed by atoms with Crippen molar-refractivity contribution in [2.24, 2.45) is 0 Å². The first-order valence-electron chi connectivity index (χ1n) is 4.59. The van der Waals surface area contributed by atoms with E-state index in [1.807, 2.05) is 30.3 Å². The number of carbonyl (C=O) groups excluding carboxylic acids is 1. The molecular weight excluding hydrogens is 190 g/mol. The molecule has 1 N–H and O–H groups in total. The third kappa shape index (κ3) is 3.12. The number of nitrogens with one attached hydrogen (secondary N) is 1. The van der Waals surface area contributed by atoms with Gasteiger partial charge in [0.25, 0.3) is 0 Å². The Hall–Kier alpha value is -1.79. The number of hydrogen-bond donors (Lipinski definition) is 1. The topological polar surface area (TPSA) is 38.3 Å². The number of rotatable bonds is 4. The standard InChI is InChI=1S/C12H13NO2/c1-3-9-13-11(12(14)15-2)10-7-5-4-6-8-10/h1,4-8,11,13H,9H2,2H3/t11-/m1/s1. The van der Waals surface area contributed by atoms with E-state index in [2.05, 4.69) is 11.2 Å². The van der Waals surface area contributed by atoms with Crippen molar-refractivity contribution in [3.05, 3.63) is 35.9 Å². The van der Waals surface area contributed by atoms with Crippen molar-refractivity contribution in [1.82, 2.24) is 5.32 Å². The lowest BCUT2D eigenvalue weighted by Crippen LogP contribution is -2.29. The van der Waals surface area contributed by atoms with Gasteiger partial charge in [0, 0.05) is 0 Å². The normalized spacial score (nSPS) is 11.5. The Morgan fingerprint density at radius 3 is 2.73 bits per heavy atom. The summed E-state index contributed by atoms with van der Waals surface area (Å²) in [6, 6.07) is 8.83. The average molecular weight is 203 g/mol. The van der Waals surface area contributed by atoms with Crippen LogP contribution in [0.1, 0.15) is 11.6 Å². The molecule has 1 atom stereocenters. The zero-order chi connectivity index (χ0) is 11.1. The van der Waals surface area contributed by atoms with Gasteiger partial charge in [0.2, 0.25) is 0 Å². The Morgan fingerprint density at radius 1 is 1.53 bits per heavy atom. The number of terminal acetylenes is 1. The van der Waals surface area contributed by atoms with E-state index in [1.54, 1.807) is 0 Å². The van der Waals surface area contributed by atoms with Gasteiger partial charge in [-0.1, -0.05) is 36.3 Å². The van der Waals surface area contributed by atoms with Gasteiger partial charge < -0.3 is 4.74 Å². The first kappa shape index (κ1) is 11.3. The Morgan fingerprint density at radius 2 is 2.20 bits per heavy atom. The van der Waals surface area contributed by atoms with Gasteiger partial charge in [-0.15, -0.1) is 6.42 Å². The summed E-state index contributed by atoms with van der Waals surface area (Å²) >= 11 is 0. The van der Waals surface area contributed by atoms with Gasteiger partial charge in [-0.25, -0.2) is 4.79 Å². The summed E-state index contributed by atoms with van der Waals surface area (Å²) in [6.07, 6.45) is 5.13. The van der Waals surface area contributed by atoms with Crippen LogP contribution in [0.3, 0.4) is 0 Å². The van der Waals surface area contributed by atoms with E-state index in [0.717, 1.165) is 5.56 Å². The number of benzene rings is 1. The van der Waals surface area contributed by atoms with Crippen LogP contribution < -0.4 is 5.32 Å². The van der Waals surface area contributed by atoms with Gasteiger partial charge in [-0.3, -0.25) is 5.32 Å². The highest BCUT2D eigenvalue weighted by Gasteiger charge is 2.19. The highest BCUT2D eigenvalue weighted by molar-refractivity contribution is 5.77. The summed E-state index contributed by atoms with van der Waals surface area (Å²) in [6.45, 7) is 0.328. The van der Waals surface area contributed by atoms with Gasteiger partial charge in [-0.05, 0) is 5.56 Å². The third-order valence-electron chi connectivity index (χ3n) is 1.98. The van der Waals surface area contributed by atoms with Crippen molar-refractivity contribution >= 4 is 5.97 Å². The lowest BCUT2D eigenvalue weighted by Gasteiger charge is -2.14. The Kier molecular flexibility index (Phi) is 4.39. The summed E-state index contributed by atoms with van der Waals surface area (Å²) in [5.74, 6) is 2.09. The van der Waals surface area contributed by atoms with Crippen molar-refractivity contribution in [3.63, 3.8) is 0 Å². The van der Waals surface area contributed by atoms with Crippen LogP contribution in [-0.4, -0.2) is 19.6 Å². The molecule has 15 heavy (non-hydrogen) atoms. The van der Waals surface area contributed by atoms with Crippen LogP contribution in [0, 0.1) is 12.3 Å². The molecule has 0 amide bonds. The van der Waals surface area contributed by atoms with Crippen LogP contribution in [0.2, 0.25) is 0 Å². The van der Waals surface area contributed by atoms with Crippen LogP contribution in [0.5, 0.6) is 0 Å². The fraction of sp³-hybridized carbons (Fsp3) is 0.250. The molecule has 0 saturated heterocycles. The predicted octanol–water partition coefficient (Wildman–Crippen LogP) is 1.12. The fourth-order valence-corrected chi connectivity index (χ4v) is 1.26. The molecule has 0 bridgehead atoms. The van der Waals surface area contributed by atoms with Gasteiger partial charge >= 0.3 is 5.97 Å². The first-order valence-corrected chi connectivity index (χ1v) is 4.59. The third-order valence-corrected chi connectivity index (χ3v) is 1.98. The number of hydrogen-bond acceptors (Lipinski definition) is 3. The summed E-state index contributed by atoms with van der Waals surface area (Å²) in [7, 11) is 1.36. The molecule has 0 aromatic heterocycles. The van der Waals surface area contributed by atoms with Crippen molar-refractivity contribution < 1.29 is 9.53 Å². The molecule has 0 saturated carbocycles. The molecule has 1 rings (SSSR count). The van der Waals surface area contributed by atoms with Crippen molar-refractivity contribution in [3.8, 4) is 12.3 Å². The first-order chi connectivity index (χ1) is 7.29. The van der Waals surface area contributed by atoms with Gasteiger partial charge in [0.1, 0.15) is 6.04 Å². The summed E-state index contributed by atoms with van der Waals surface area (Å²) in [4.78, 5) is 11.5. The molecule has 3 nitrogen and oxygen atoms in total. The minimum Gasteiger partial charge on any atom is -0.468 e. The number of ether oxygens (including phenoxy) is 1. The zero-order valence-corrected chi connectivity index (χ0v) is 8.57. The van der Waals surface area contributed by atoms with E-state index >= 15 is 0 Å². The second-order valence-electron chi connectivity index (χ2n) is 2.95. The van der Waals surface area contributed by atoms with Crippen LogP contribution >= 0.6 is 0 Å². The van der Waals surface area contributed by atoms with Crippen LogP contribution in [0.4, 0.5) is 0 Å². The monoisotopic (exact) mass is 203 g/mol. The molecule has 1 aromatic carbocycles. The molecule has 3 heteroatoms. The molecule has 0 aliphatic rings. The minimum atomic E-state index is -0.493. The second-order valence-corrected chi connectivity index (χ2v) is 2.95. The SMILES string of the molecule is C#CCN[C@@H](C(=O)OC)c1ccccc1. The molecule has 78 valence electrons. The fourth-order valence-electron chi connectivity index (χ4n) is 1.26. The molecule has 0 spiro atoms. The Bertz CT molecular complexity index is 354. The molecule has 0 heterocycles. The number of esters is 1. The lowest BCUT2D eigenvalue weighted by molar-refractivity contribution is -0.143. The Labute approximate surface area is 89.4 Å². The molecule has 0 radical (unpaired) electrons. The number of methoxy groups -OCH3 is 1. The van der Waals surface area contributed by atoms with Crippen molar-refractivity contribution in [1.29, 1.82) is 0 Å². The smallest absolute Gasteiger partial charge is 0.327 e. The molecule has 1 aromatic rings. The maximum absolute atomic E-state index is 11.5. The van der Waals surface area contributed by atoms with E-state index in [4.69, 9.17) is 11.2 Å². The van der Waals surface area contributed by atoms with Crippen LogP contribution in [0.15, 0.2) is 30.3 Å². The van der Waals surface area contributed by atoms with Gasteiger partial charge in [0.05, 0.1) is 13.7 Å². The largest absolute Gasteiger partial charge is 0.468 e. The maximum Gasteiger partial charge on any atom is 0.327 e. The lowest BCUT2D eigenvalue weighted by atomic mass is 10.1. The second kappa shape index (κ2) is 5.84.